The number of nitrogens with zero attached hydrogens (tertiary/aromatic N) is 5. The number of carbonyl (C=O) groups excluding carboxylic acids is 1. The SMILES string of the molecule is Cc1cc(-c2ccc(C(F)(F)F)nc2)ccc1C(=O)Nc1cnc(-n2nccn2)c(C(F)(F)F)c1. The van der Waals surface area contributed by atoms with E-state index in [0.717, 1.165) is 24.5 Å². The van der Waals surface area contributed by atoms with Gasteiger partial charge in [-0.15, -0.1) is 4.80 Å². The van der Waals surface area contributed by atoms with E-state index in [1.807, 2.05) is 0 Å². The number of alkyl halides is 6. The Morgan fingerprint density at radius 3 is 2.11 bits per heavy atom. The summed E-state index contributed by atoms with van der Waals surface area (Å²) in [6.45, 7) is 1.59. The number of aryl methyl sites for hydroxylation is 1. The van der Waals surface area contributed by atoms with Gasteiger partial charge >= 0.3 is 12.4 Å². The van der Waals surface area contributed by atoms with Crippen molar-refractivity contribution in [3.63, 3.8) is 0 Å². The van der Waals surface area contributed by atoms with Gasteiger partial charge in [0.15, 0.2) is 5.82 Å². The number of aromatic nitrogens is 5. The number of hydrogen-bond acceptors (Lipinski definition) is 5. The lowest BCUT2D eigenvalue weighted by molar-refractivity contribution is -0.141. The Labute approximate surface area is 193 Å². The molecule has 0 aliphatic carbocycles. The summed E-state index contributed by atoms with van der Waals surface area (Å²) in [6.07, 6.45) is -4.84. The van der Waals surface area contributed by atoms with E-state index in [9.17, 15) is 31.1 Å². The Balaban J connectivity index is 1.58. The Kier molecular flexibility index (Phi) is 6.01. The number of anilines is 1. The number of amides is 1. The molecule has 1 N–H and O–H groups in total. The normalized spacial score (nSPS) is 12.0. The summed E-state index contributed by atoms with van der Waals surface area (Å²) < 4.78 is 78.8. The number of pyridine rings is 2. The fourth-order valence-corrected chi connectivity index (χ4v) is 3.25. The summed E-state index contributed by atoms with van der Waals surface area (Å²) in [5, 5.41) is 9.69. The molecule has 0 aliphatic rings. The molecule has 0 bridgehead atoms. The molecule has 1 amide bonds. The molecule has 1 aromatic carbocycles. The highest BCUT2D eigenvalue weighted by Crippen LogP contribution is 2.34. The molecule has 3 heterocycles. The van der Waals surface area contributed by atoms with Gasteiger partial charge in [-0.2, -0.15) is 36.5 Å². The standard InChI is InChI=1S/C22H14F6N6O/c1-12-8-13(14-3-5-18(29-10-14)22(26,27)28)2-4-16(12)20(35)33-15-9-17(21(23,24)25)19(30-11-15)34-31-6-7-32-34/h2-11H,1H3,(H,33,35). The van der Waals surface area contributed by atoms with Crippen LogP contribution in [0.15, 0.2) is 61.2 Å². The zero-order valence-corrected chi connectivity index (χ0v) is 17.7. The smallest absolute Gasteiger partial charge is 0.321 e. The summed E-state index contributed by atoms with van der Waals surface area (Å²) >= 11 is 0. The second-order valence-electron chi connectivity index (χ2n) is 7.33. The van der Waals surface area contributed by atoms with Gasteiger partial charge in [-0.3, -0.25) is 9.78 Å². The molecule has 0 saturated heterocycles. The maximum atomic E-state index is 13.6. The second kappa shape index (κ2) is 8.81. The first-order valence-corrected chi connectivity index (χ1v) is 9.83. The van der Waals surface area contributed by atoms with E-state index < -0.39 is 35.3 Å². The average Bonchev–Trinajstić information content (AvgIpc) is 3.32. The topological polar surface area (TPSA) is 85.6 Å². The van der Waals surface area contributed by atoms with Gasteiger partial charge in [0, 0.05) is 17.3 Å². The van der Waals surface area contributed by atoms with Gasteiger partial charge in [0.25, 0.3) is 5.91 Å². The van der Waals surface area contributed by atoms with Crippen LogP contribution in [0.4, 0.5) is 32.0 Å². The predicted molar refractivity (Wildman–Crippen MR) is 112 cm³/mol. The van der Waals surface area contributed by atoms with E-state index >= 15 is 0 Å². The highest BCUT2D eigenvalue weighted by molar-refractivity contribution is 6.05. The van der Waals surface area contributed by atoms with Gasteiger partial charge in [0.2, 0.25) is 0 Å². The van der Waals surface area contributed by atoms with Crippen LogP contribution in [0.2, 0.25) is 0 Å². The molecule has 0 radical (unpaired) electrons. The van der Waals surface area contributed by atoms with Crippen LogP contribution >= 0.6 is 0 Å². The number of benzene rings is 1. The van der Waals surface area contributed by atoms with Crippen molar-refractivity contribution in [1.82, 2.24) is 25.0 Å². The highest BCUT2D eigenvalue weighted by Gasteiger charge is 2.36. The van der Waals surface area contributed by atoms with Gasteiger partial charge < -0.3 is 5.32 Å². The molecule has 180 valence electrons. The maximum absolute atomic E-state index is 13.6. The molecule has 0 spiro atoms. The molecule has 4 aromatic rings. The lowest BCUT2D eigenvalue weighted by Gasteiger charge is -2.14. The minimum atomic E-state index is -4.79. The van der Waals surface area contributed by atoms with Crippen molar-refractivity contribution in [2.24, 2.45) is 0 Å². The van der Waals surface area contributed by atoms with Crippen LogP contribution < -0.4 is 5.32 Å². The van der Waals surface area contributed by atoms with Crippen LogP contribution in [0.1, 0.15) is 27.2 Å². The van der Waals surface area contributed by atoms with Crippen molar-refractivity contribution in [1.29, 1.82) is 0 Å². The van der Waals surface area contributed by atoms with Gasteiger partial charge in [0.1, 0.15) is 11.3 Å². The fourth-order valence-electron chi connectivity index (χ4n) is 3.25. The van der Waals surface area contributed by atoms with E-state index in [-0.39, 0.29) is 11.3 Å². The van der Waals surface area contributed by atoms with E-state index in [2.05, 4.69) is 25.5 Å². The molecule has 0 aliphatic heterocycles. The number of hydrogen-bond donors (Lipinski definition) is 1. The van der Waals surface area contributed by atoms with Gasteiger partial charge in [-0.1, -0.05) is 18.2 Å². The quantitative estimate of drug-likeness (QED) is 0.390. The molecule has 3 aromatic heterocycles. The maximum Gasteiger partial charge on any atom is 0.433 e. The molecule has 13 heteroatoms. The zero-order chi connectivity index (χ0) is 25.4. The monoisotopic (exact) mass is 492 g/mol. The van der Waals surface area contributed by atoms with Crippen LogP contribution in [-0.4, -0.2) is 30.9 Å². The molecule has 4 rings (SSSR count). The lowest BCUT2D eigenvalue weighted by Crippen LogP contribution is -2.17. The summed E-state index contributed by atoms with van der Waals surface area (Å²) in [7, 11) is 0. The summed E-state index contributed by atoms with van der Waals surface area (Å²) in [5.74, 6) is -1.24. The lowest BCUT2D eigenvalue weighted by atomic mass is 10.00. The fraction of sp³-hybridized carbons (Fsp3) is 0.136. The summed E-state index contributed by atoms with van der Waals surface area (Å²) in [6, 6.07) is 7.30. The average molecular weight is 492 g/mol. The first kappa shape index (κ1) is 23.9. The van der Waals surface area contributed by atoms with Crippen molar-refractivity contribution in [2.45, 2.75) is 19.3 Å². The predicted octanol–water partition coefficient (Wildman–Crippen LogP) is 5.32. The number of rotatable bonds is 4. The Hall–Kier alpha value is -4.29. The molecule has 35 heavy (non-hydrogen) atoms. The molecule has 0 unspecified atom stereocenters. The molecular formula is C22H14F6N6O. The van der Waals surface area contributed by atoms with Crippen LogP contribution in [0.25, 0.3) is 16.9 Å². The van der Waals surface area contributed by atoms with Gasteiger partial charge in [-0.25, -0.2) is 4.98 Å². The van der Waals surface area contributed by atoms with Crippen molar-refractivity contribution in [2.75, 3.05) is 5.32 Å². The van der Waals surface area contributed by atoms with Crippen molar-refractivity contribution < 1.29 is 31.1 Å². The Bertz CT molecular complexity index is 1360. The van der Waals surface area contributed by atoms with Crippen LogP contribution in [0.3, 0.4) is 0 Å². The van der Waals surface area contributed by atoms with E-state index in [1.54, 1.807) is 13.0 Å². The van der Waals surface area contributed by atoms with Crippen LogP contribution in [-0.2, 0) is 12.4 Å². The zero-order valence-electron chi connectivity index (χ0n) is 17.7. The van der Waals surface area contributed by atoms with E-state index in [1.165, 1.54) is 30.6 Å². The number of carbonyl (C=O) groups is 1. The third-order valence-electron chi connectivity index (χ3n) is 4.90. The number of nitrogens with one attached hydrogen (secondary N) is 1. The minimum Gasteiger partial charge on any atom is -0.321 e. The largest absolute Gasteiger partial charge is 0.433 e. The molecule has 0 fully saturated rings. The molecule has 0 atom stereocenters. The minimum absolute atomic E-state index is 0.153. The van der Waals surface area contributed by atoms with Crippen LogP contribution in [0, 0.1) is 6.92 Å². The van der Waals surface area contributed by atoms with E-state index in [0.29, 0.717) is 21.5 Å². The van der Waals surface area contributed by atoms with Crippen LogP contribution in [0.5, 0.6) is 0 Å². The second-order valence-corrected chi connectivity index (χ2v) is 7.33. The Morgan fingerprint density at radius 1 is 0.857 bits per heavy atom. The van der Waals surface area contributed by atoms with Crippen molar-refractivity contribution in [3.8, 4) is 16.9 Å². The van der Waals surface area contributed by atoms with E-state index in [4.69, 9.17) is 0 Å². The third-order valence-corrected chi connectivity index (χ3v) is 4.90. The summed E-state index contributed by atoms with van der Waals surface area (Å²) in [5.41, 5.74) is -0.870. The van der Waals surface area contributed by atoms with Gasteiger partial charge in [-0.05, 0) is 36.2 Å². The number of halogens is 6. The molecule has 7 nitrogen and oxygen atoms in total. The van der Waals surface area contributed by atoms with Crippen molar-refractivity contribution >= 4 is 11.6 Å². The highest BCUT2D eigenvalue weighted by atomic mass is 19.4. The third kappa shape index (κ3) is 5.13. The molecule has 0 saturated carbocycles. The van der Waals surface area contributed by atoms with Gasteiger partial charge in [0.05, 0.1) is 24.3 Å². The molecular weight excluding hydrogens is 478 g/mol. The first-order chi connectivity index (χ1) is 16.4. The van der Waals surface area contributed by atoms with Crippen molar-refractivity contribution in [3.05, 3.63) is 83.6 Å². The Morgan fingerprint density at radius 2 is 1.54 bits per heavy atom. The summed E-state index contributed by atoms with van der Waals surface area (Å²) in [4.78, 5) is 20.6. The first-order valence-electron chi connectivity index (χ1n) is 9.83.